The van der Waals surface area contributed by atoms with Gasteiger partial charge in [0.25, 0.3) is 5.69 Å². The zero-order chi connectivity index (χ0) is 13.0. The van der Waals surface area contributed by atoms with Crippen LogP contribution in [0.25, 0.3) is 0 Å². The van der Waals surface area contributed by atoms with E-state index >= 15 is 0 Å². The Balaban J connectivity index is 2.00. The van der Waals surface area contributed by atoms with Crippen molar-refractivity contribution >= 4 is 33.0 Å². The Morgan fingerprint density at radius 2 is 2.22 bits per heavy atom. The van der Waals surface area contributed by atoms with E-state index in [1.54, 1.807) is 17.4 Å². The van der Waals surface area contributed by atoms with Gasteiger partial charge in [0.05, 0.1) is 22.1 Å². The van der Waals surface area contributed by atoms with Gasteiger partial charge in [-0.15, -0.1) is 0 Å². The van der Waals surface area contributed by atoms with Crippen LogP contribution in [0.15, 0.2) is 39.5 Å². The van der Waals surface area contributed by atoms with E-state index in [1.807, 2.05) is 11.4 Å². The molecule has 0 aliphatic heterocycles. The monoisotopic (exact) mass is 327 g/mol. The first-order chi connectivity index (χ1) is 8.66. The molecule has 1 aromatic carbocycles. The van der Waals surface area contributed by atoms with E-state index < -0.39 is 4.92 Å². The second kappa shape index (κ2) is 5.97. The van der Waals surface area contributed by atoms with Gasteiger partial charge in [-0.2, -0.15) is 11.3 Å². The molecule has 4 nitrogen and oxygen atoms in total. The minimum atomic E-state index is -0.432. The molecule has 18 heavy (non-hydrogen) atoms. The van der Waals surface area contributed by atoms with Crippen LogP contribution in [0.4, 0.5) is 5.69 Å². The van der Waals surface area contributed by atoms with Crippen molar-refractivity contribution in [2.24, 2.45) is 0 Å². The van der Waals surface area contributed by atoms with Crippen LogP contribution in [0.1, 0.15) is 5.56 Å². The predicted molar refractivity (Wildman–Crippen MR) is 74.3 cm³/mol. The molecule has 0 saturated carbocycles. The van der Waals surface area contributed by atoms with E-state index in [4.69, 9.17) is 4.74 Å². The van der Waals surface area contributed by atoms with E-state index in [9.17, 15) is 10.1 Å². The number of nitro groups is 1. The fourth-order valence-electron chi connectivity index (χ4n) is 1.43. The molecule has 1 aromatic heterocycles. The van der Waals surface area contributed by atoms with Crippen LogP contribution in [0.2, 0.25) is 0 Å². The van der Waals surface area contributed by atoms with Gasteiger partial charge in [-0.25, -0.2) is 0 Å². The fraction of sp³-hybridized carbons (Fsp3) is 0.167. The van der Waals surface area contributed by atoms with E-state index in [1.165, 1.54) is 17.7 Å². The average Bonchev–Trinajstić information content (AvgIpc) is 2.84. The fourth-order valence-corrected chi connectivity index (χ4v) is 2.49. The van der Waals surface area contributed by atoms with Crippen LogP contribution < -0.4 is 4.74 Å². The molecular formula is C12H10BrNO3S. The first kappa shape index (κ1) is 13.0. The molecule has 0 N–H and O–H groups in total. The molecule has 1 heterocycles. The number of nitrogens with zero attached hydrogens (tertiary/aromatic N) is 1. The molecule has 0 amide bonds. The molecule has 0 aliphatic rings. The highest BCUT2D eigenvalue weighted by Crippen LogP contribution is 2.29. The summed E-state index contributed by atoms with van der Waals surface area (Å²) < 4.78 is 6.27. The van der Waals surface area contributed by atoms with Gasteiger partial charge < -0.3 is 4.74 Å². The van der Waals surface area contributed by atoms with Gasteiger partial charge in [-0.3, -0.25) is 10.1 Å². The molecule has 6 heteroatoms. The number of benzene rings is 1. The quantitative estimate of drug-likeness (QED) is 0.615. The minimum absolute atomic E-state index is 0.0312. The number of rotatable bonds is 5. The third-order valence-corrected chi connectivity index (χ3v) is 3.74. The number of non-ortho nitro benzene ring substituents is 1. The topological polar surface area (TPSA) is 52.4 Å². The van der Waals surface area contributed by atoms with Crippen LogP contribution in [-0.2, 0) is 6.42 Å². The molecule has 94 valence electrons. The maximum Gasteiger partial charge on any atom is 0.273 e. The summed E-state index contributed by atoms with van der Waals surface area (Å²) in [6.45, 7) is 0.497. The molecule has 0 radical (unpaired) electrons. The molecule has 0 fully saturated rings. The van der Waals surface area contributed by atoms with Crippen molar-refractivity contribution in [3.05, 3.63) is 55.2 Å². The van der Waals surface area contributed by atoms with Crippen molar-refractivity contribution in [3.63, 3.8) is 0 Å². The zero-order valence-electron chi connectivity index (χ0n) is 9.34. The Bertz CT molecular complexity index is 542. The molecule has 2 rings (SSSR count). The number of hydrogen-bond donors (Lipinski definition) is 0. The summed E-state index contributed by atoms with van der Waals surface area (Å²) in [7, 11) is 0. The van der Waals surface area contributed by atoms with E-state index in [0.29, 0.717) is 12.4 Å². The molecule has 0 bridgehead atoms. The molecular weight excluding hydrogens is 318 g/mol. The lowest BCUT2D eigenvalue weighted by atomic mass is 10.2. The molecule has 0 unspecified atom stereocenters. The van der Waals surface area contributed by atoms with Gasteiger partial charge in [-0.05, 0) is 44.4 Å². The van der Waals surface area contributed by atoms with Gasteiger partial charge in [0.15, 0.2) is 0 Å². The number of halogens is 1. The number of hydrogen-bond acceptors (Lipinski definition) is 4. The molecule has 0 aliphatic carbocycles. The predicted octanol–water partition coefficient (Wildman–Crippen LogP) is 4.04. The summed E-state index contributed by atoms with van der Waals surface area (Å²) in [6.07, 6.45) is 0.790. The maximum absolute atomic E-state index is 10.7. The number of ether oxygens (including phenoxy) is 1. The lowest BCUT2D eigenvalue weighted by Gasteiger charge is -2.07. The van der Waals surface area contributed by atoms with Crippen molar-refractivity contribution < 1.29 is 9.66 Å². The van der Waals surface area contributed by atoms with Crippen LogP contribution in [0.5, 0.6) is 5.75 Å². The van der Waals surface area contributed by atoms with E-state index in [2.05, 4.69) is 21.3 Å². The Morgan fingerprint density at radius 3 is 2.89 bits per heavy atom. The number of nitro benzene ring substituents is 1. The van der Waals surface area contributed by atoms with E-state index in [0.717, 1.165) is 10.9 Å². The van der Waals surface area contributed by atoms with Crippen LogP contribution in [-0.4, -0.2) is 11.5 Å². The second-order valence-corrected chi connectivity index (χ2v) is 5.24. The van der Waals surface area contributed by atoms with Crippen molar-refractivity contribution in [2.45, 2.75) is 6.42 Å². The van der Waals surface area contributed by atoms with Crippen molar-refractivity contribution in [2.75, 3.05) is 6.61 Å². The van der Waals surface area contributed by atoms with Crippen LogP contribution in [0, 0.1) is 10.1 Å². The zero-order valence-corrected chi connectivity index (χ0v) is 11.7. The Labute approximate surface area is 116 Å². The lowest BCUT2D eigenvalue weighted by molar-refractivity contribution is -0.385. The van der Waals surface area contributed by atoms with Crippen molar-refractivity contribution in [1.29, 1.82) is 0 Å². The summed E-state index contributed by atoms with van der Waals surface area (Å²) >= 11 is 4.95. The molecule has 0 atom stereocenters. The first-order valence-electron chi connectivity index (χ1n) is 5.24. The normalized spacial score (nSPS) is 10.3. The van der Waals surface area contributed by atoms with Gasteiger partial charge in [0.1, 0.15) is 5.75 Å². The highest BCUT2D eigenvalue weighted by Gasteiger charge is 2.10. The van der Waals surface area contributed by atoms with E-state index in [-0.39, 0.29) is 5.69 Å². The number of thiophene rings is 1. The Hall–Kier alpha value is -1.40. The second-order valence-electron chi connectivity index (χ2n) is 3.60. The first-order valence-corrected chi connectivity index (χ1v) is 6.98. The summed E-state index contributed by atoms with van der Waals surface area (Å²) in [5, 5.41) is 14.7. The summed E-state index contributed by atoms with van der Waals surface area (Å²) in [5.41, 5.74) is 1.24. The van der Waals surface area contributed by atoms with Gasteiger partial charge in [-0.1, -0.05) is 0 Å². The standard InChI is InChI=1S/C12H10BrNO3S/c13-11-2-1-10(14(15)16)7-12(11)17-5-3-9-4-6-18-8-9/h1-2,4,6-8H,3,5H2. The van der Waals surface area contributed by atoms with Crippen LogP contribution in [0.3, 0.4) is 0 Å². The molecule has 0 spiro atoms. The highest BCUT2D eigenvalue weighted by molar-refractivity contribution is 9.10. The molecule has 2 aromatic rings. The largest absolute Gasteiger partial charge is 0.492 e. The van der Waals surface area contributed by atoms with Crippen molar-refractivity contribution in [3.8, 4) is 5.75 Å². The molecule has 0 saturated heterocycles. The minimum Gasteiger partial charge on any atom is -0.492 e. The average molecular weight is 328 g/mol. The van der Waals surface area contributed by atoms with Gasteiger partial charge in [0.2, 0.25) is 0 Å². The maximum atomic E-state index is 10.7. The van der Waals surface area contributed by atoms with Crippen molar-refractivity contribution in [1.82, 2.24) is 0 Å². The highest BCUT2D eigenvalue weighted by atomic mass is 79.9. The third-order valence-electron chi connectivity index (χ3n) is 2.35. The SMILES string of the molecule is O=[N+]([O-])c1ccc(Br)c(OCCc2ccsc2)c1. The summed E-state index contributed by atoms with van der Waals surface area (Å²) in [6, 6.07) is 6.53. The smallest absolute Gasteiger partial charge is 0.273 e. The Morgan fingerprint density at radius 1 is 1.39 bits per heavy atom. The van der Waals surface area contributed by atoms with Crippen LogP contribution >= 0.6 is 27.3 Å². The third kappa shape index (κ3) is 3.30. The summed E-state index contributed by atoms with van der Waals surface area (Å²) in [4.78, 5) is 10.2. The summed E-state index contributed by atoms with van der Waals surface area (Å²) in [5.74, 6) is 0.499. The van der Waals surface area contributed by atoms with Gasteiger partial charge >= 0.3 is 0 Å². The Kier molecular flexibility index (Phi) is 4.33. The lowest BCUT2D eigenvalue weighted by Crippen LogP contribution is -2.01. The van der Waals surface area contributed by atoms with Gasteiger partial charge in [0, 0.05) is 12.5 Å².